The highest BCUT2D eigenvalue weighted by molar-refractivity contribution is 8.15. The molecule has 2 heterocycles. The number of aryl methyl sites for hydroxylation is 2. The van der Waals surface area contributed by atoms with Crippen LogP contribution in [0.4, 0.5) is 4.79 Å². The molecule has 1 aromatic carbocycles. The van der Waals surface area contributed by atoms with Crippen molar-refractivity contribution < 1.29 is 14.3 Å². The largest absolute Gasteiger partial charge is 0.488 e. The Labute approximate surface area is 162 Å². The maximum Gasteiger partial charge on any atom is 0.286 e. The van der Waals surface area contributed by atoms with Crippen LogP contribution >= 0.6 is 23.1 Å². The summed E-state index contributed by atoms with van der Waals surface area (Å²) in [5, 5.41) is 4.02. The maximum absolute atomic E-state index is 11.5. The molecule has 3 rings (SSSR count). The molecule has 1 aliphatic heterocycles. The zero-order chi connectivity index (χ0) is 18.4. The van der Waals surface area contributed by atoms with Crippen molar-refractivity contribution in [3.05, 3.63) is 51.7 Å². The van der Waals surface area contributed by atoms with Crippen LogP contribution in [0, 0.1) is 6.92 Å². The fourth-order valence-corrected chi connectivity index (χ4v) is 4.56. The van der Waals surface area contributed by atoms with Gasteiger partial charge in [0.1, 0.15) is 12.4 Å². The van der Waals surface area contributed by atoms with Gasteiger partial charge in [-0.05, 0) is 60.9 Å². The monoisotopic (exact) mass is 389 g/mol. The lowest BCUT2D eigenvalue weighted by Crippen LogP contribution is -2.24. The molecule has 2 aromatic rings. The number of benzene rings is 1. The van der Waals surface area contributed by atoms with E-state index < -0.39 is 0 Å². The summed E-state index contributed by atoms with van der Waals surface area (Å²) in [5.74, 6) is 0.767. The van der Waals surface area contributed by atoms with Crippen LogP contribution in [0.2, 0.25) is 0 Å². The van der Waals surface area contributed by atoms with Crippen molar-refractivity contribution in [2.24, 2.45) is 0 Å². The minimum absolute atomic E-state index is 0.131. The van der Waals surface area contributed by atoms with E-state index in [4.69, 9.17) is 4.74 Å². The molecule has 6 heteroatoms. The van der Waals surface area contributed by atoms with Crippen LogP contribution in [0.3, 0.4) is 0 Å². The summed E-state index contributed by atoms with van der Waals surface area (Å²) in [4.78, 5) is 23.9. The Morgan fingerprint density at radius 3 is 2.54 bits per heavy atom. The van der Waals surface area contributed by atoms with Gasteiger partial charge >= 0.3 is 0 Å². The molecule has 1 aromatic heterocycles. The number of rotatable bonds is 9. The van der Waals surface area contributed by atoms with Gasteiger partial charge in [-0.25, -0.2) is 0 Å². The van der Waals surface area contributed by atoms with Crippen molar-refractivity contribution >= 4 is 34.2 Å². The molecule has 26 heavy (non-hydrogen) atoms. The van der Waals surface area contributed by atoms with Crippen LogP contribution < -0.4 is 10.1 Å². The molecule has 1 fully saturated rings. The molecule has 0 aliphatic carbocycles. The van der Waals surface area contributed by atoms with Crippen molar-refractivity contribution in [2.75, 3.05) is 0 Å². The number of carbonyl (C=O) groups is 2. The van der Waals surface area contributed by atoms with Crippen LogP contribution in [0.25, 0.3) is 0 Å². The van der Waals surface area contributed by atoms with Gasteiger partial charge < -0.3 is 4.74 Å². The summed E-state index contributed by atoms with van der Waals surface area (Å²) < 4.78 is 5.85. The second-order valence-electron chi connectivity index (χ2n) is 6.44. The Hall–Kier alpha value is -1.79. The van der Waals surface area contributed by atoms with Crippen LogP contribution in [0.1, 0.15) is 41.7 Å². The number of hydrogen-bond donors (Lipinski definition) is 1. The molecule has 1 N–H and O–H groups in total. The Morgan fingerprint density at radius 1 is 1.08 bits per heavy atom. The quantitative estimate of drug-likeness (QED) is 0.607. The average molecular weight is 390 g/mol. The van der Waals surface area contributed by atoms with Crippen molar-refractivity contribution in [2.45, 2.75) is 50.9 Å². The molecule has 1 atom stereocenters. The van der Waals surface area contributed by atoms with Crippen molar-refractivity contribution in [3.8, 4) is 5.75 Å². The van der Waals surface area contributed by atoms with Gasteiger partial charge in [0.2, 0.25) is 5.91 Å². The van der Waals surface area contributed by atoms with E-state index in [2.05, 4.69) is 35.8 Å². The van der Waals surface area contributed by atoms with E-state index in [0.717, 1.165) is 49.6 Å². The maximum atomic E-state index is 11.5. The van der Waals surface area contributed by atoms with E-state index >= 15 is 0 Å². The van der Waals surface area contributed by atoms with Gasteiger partial charge in [0.05, 0.1) is 5.25 Å². The molecular formula is C20H23NO3S2. The highest BCUT2D eigenvalue weighted by Crippen LogP contribution is 2.24. The summed E-state index contributed by atoms with van der Waals surface area (Å²) in [7, 11) is 0. The third kappa shape index (κ3) is 5.35. The SMILES string of the molecule is Cc1ccsc1COc1ccc(CCCCCC2SC(=O)NC2=O)cc1. The summed E-state index contributed by atoms with van der Waals surface area (Å²) in [6.07, 6.45) is 4.92. The normalized spacial score (nSPS) is 16.7. The second-order valence-corrected chi connectivity index (χ2v) is 8.62. The predicted octanol–water partition coefficient (Wildman–Crippen LogP) is 5.09. The molecule has 4 nitrogen and oxygen atoms in total. The lowest BCUT2D eigenvalue weighted by molar-refractivity contribution is -0.119. The van der Waals surface area contributed by atoms with E-state index in [1.807, 2.05) is 12.1 Å². The third-order valence-corrected chi connectivity index (χ3v) is 6.51. The van der Waals surface area contributed by atoms with Gasteiger partial charge in [0, 0.05) is 4.88 Å². The minimum atomic E-state index is -0.212. The van der Waals surface area contributed by atoms with Gasteiger partial charge in [-0.3, -0.25) is 14.9 Å². The van der Waals surface area contributed by atoms with Crippen molar-refractivity contribution in [1.29, 1.82) is 0 Å². The van der Waals surface area contributed by atoms with Gasteiger partial charge in [0.25, 0.3) is 5.24 Å². The molecule has 0 spiro atoms. The first-order valence-electron chi connectivity index (χ1n) is 8.88. The number of nitrogens with one attached hydrogen (secondary N) is 1. The van der Waals surface area contributed by atoms with E-state index in [0.29, 0.717) is 6.61 Å². The van der Waals surface area contributed by atoms with Crippen LogP contribution in [-0.4, -0.2) is 16.4 Å². The summed E-state index contributed by atoms with van der Waals surface area (Å²) in [5.41, 5.74) is 2.58. The molecule has 2 amide bonds. The van der Waals surface area contributed by atoms with Gasteiger partial charge in [-0.2, -0.15) is 0 Å². The number of thioether (sulfide) groups is 1. The van der Waals surface area contributed by atoms with E-state index in [1.54, 1.807) is 11.3 Å². The minimum Gasteiger partial charge on any atom is -0.488 e. The topological polar surface area (TPSA) is 55.4 Å². The molecular weight excluding hydrogens is 366 g/mol. The summed E-state index contributed by atoms with van der Waals surface area (Å²) in [6, 6.07) is 10.4. The average Bonchev–Trinajstić information content (AvgIpc) is 3.18. The molecule has 0 radical (unpaired) electrons. The summed E-state index contributed by atoms with van der Waals surface area (Å²) >= 11 is 2.85. The smallest absolute Gasteiger partial charge is 0.286 e. The van der Waals surface area contributed by atoms with Crippen LogP contribution in [0.5, 0.6) is 5.75 Å². The molecule has 138 valence electrons. The number of thiophene rings is 1. The third-order valence-electron chi connectivity index (χ3n) is 4.46. The van der Waals surface area contributed by atoms with Crippen molar-refractivity contribution in [1.82, 2.24) is 5.32 Å². The fourth-order valence-electron chi connectivity index (χ4n) is 2.87. The second kappa shape index (κ2) is 9.24. The lowest BCUT2D eigenvalue weighted by Gasteiger charge is -2.08. The first-order chi connectivity index (χ1) is 12.6. The highest BCUT2D eigenvalue weighted by Gasteiger charge is 2.30. The Balaban J connectivity index is 1.33. The molecule has 1 unspecified atom stereocenters. The lowest BCUT2D eigenvalue weighted by atomic mass is 10.1. The standard InChI is InChI=1S/C20H23NO3S2/c1-14-11-12-25-18(14)13-24-16-9-7-15(8-10-16)5-3-2-4-6-17-19(22)21-20(23)26-17/h7-12,17H,2-6,13H2,1H3,(H,21,22,23). The summed E-state index contributed by atoms with van der Waals surface area (Å²) in [6.45, 7) is 2.73. The van der Waals surface area contributed by atoms with Gasteiger partial charge in [-0.15, -0.1) is 11.3 Å². The number of imide groups is 1. The van der Waals surface area contributed by atoms with Crippen molar-refractivity contribution in [3.63, 3.8) is 0 Å². The van der Waals surface area contributed by atoms with Crippen LogP contribution in [0.15, 0.2) is 35.7 Å². The van der Waals surface area contributed by atoms with E-state index in [1.165, 1.54) is 16.0 Å². The number of unbranched alkanes of at least 4 members (excludes halogenated alkanes) is 2. The van der Waals surface area contributed by atoms with Crippen LogP contribution in [-0.2, 0) is 17.8 Å². The van der Waals surface area contributed by atoms with Gasteiger partial charge in [-0.1, -0.05) is 36.7 Å². The molecule has 0 saturated carbocycles. The Morgan fingerprint density at radius 2 is 1.88 bits per heavy atom. The number of hydrogen-bond acceptors (Lipinski definition) is 5. The first kappa shape index (κ1) is 19.0. The Kier molecular flexibility index (Phi) is 6.74. The highest BCUT2D eigenvalue weighted by atomic mass is 32.2. The van der Waals surface area contributed by atoms with E-state index in [9.17, 15) is 9.59 Å². The zero-order valence-corrected chi connectivity index (χ0v) is 16.5. The number of carbonyl (C=O) groups excluding carboxylic acids is 2. The zero-order valence-electron chi connectivity index (χ0n) is 14.8. The number of amides is 2. The fraction of sp³-hybridized carbons (Fsp3) is 0.400. The first-order valence-corrected chi connectivity index (χ1v) is 10.6. The Bertz CT molecular complexity index is 755. The molecule has 0 bridgehead atoms. The molecule has 1 aliphatic rings. The predicted molar refractivity (Wildman–Crippen MR) is 107 cm³/mol. The molecule has 1 saturated heterocycles. The van der Waals surface area contributed by atoms with E-state index in [-0.39, 0.29) is 16.4 Å². The van der Waals surface area contributed by atoms with Gasteiger partial charge in [0.15, 0.2) is 0 Å². The number of ether oxygens (including phenoxy) is 1.